The quantitative estimate of drug-likeness (QED) is 0.136. The molecular formula is C18H30O12. The van der Waals surface area contributed by atoms with Gasteiger partial charge in [-0.05, 0) is 38.5 Å². The van der Waals surface area contributed by atoms with Crippen LogP contribution in [0.4, 0.5) is 0 Å². The van der Waals surface area contributed by atoms with Crippen LogP contribution in [0.3, 0.4) is 0 Å². The Morgan fingerprint density at radius 2 is 1.00 bits per heavy atom. The van der Waals surface area contributed by atoms with Crippen molar-refractivity contribution in [1.82, 2.24) is 0 Å². The number of carboxylic acids is 2. The molecule has 0 aromatic heterocycles. The molecule has 0 amide bonds. The van der Waals surface area contributed by atoms with E-state index in [1.54, 1.807) is 0 Å². The lowest BCUT2D eigenvalue weighted by Crippen LogP contribution is -2.45. The lowest BCUT2D eigenvalue weighted by molar-refractivity contribution is -0.187. The number of methoxy groups -OCH3 is 2. The Morgan fingerprint density at radius 3 is 1.27 bits per heavy atom. The average Bonchev–Trinajstić information content (AvgIpc) is 2.70. The summed E-state index contributed by atoms with van der Waals surface area (Å²) >= 11 is 0. The number of hydrogen-bond donors (Lipinski definition) is 4. The molecule has 4 unspecified atom stereocenters. The van der Waals surface area contributed by atoms with Crippen molar-refractivity contribution >= 4 is 23.9 Å². The predicted octanol–water partition coefficient (Wildman–Crippen LogP) is 0.0296. The molecule has 0 heterocycles. The van der Waals surface area contributed by atoms with Gasteiger partial charge >= 0.3 is 23.9 Å². The van der Waals surface area contributed by atoms with E-state index in [9.17, 15) is 39.6 Å². The first kappa shape index (κ1) is 27.7. The minimum absolute atomic E-state index is 0.220. The number of ether oxygens (including phenoxy) is 4. The highest BCUT2D eigenvalue weighted by Crippen LogP contribution is 2.13. The molecule has 0 aromatic carbocycles. The van der Waals surface area contributed by atoms with Gasteiger partial charge in [0.05, 0.1) is 0 Å². The minimum atomic E-state index is -2.21. The summed E-state index contributed by atoms with van der Waals surface area (Å²) in [6.45, 7) is 0. The molecule has 30 heavy (non-hydrogen) atoms. The Bertz CT molecular complexity index is 501. The van der Waals surface area contributed by atoms with Gasteiger partial charge in [0.25, 0.3) is 0 Å². The first-order valence-corrected chi connectivity index (χ1v) is 9.38. The van der Waals surface area contributed by atoms with Gasteiger partial charge in [-0.1, -0.05) is 0 Å². The second-order valence-electron chi connectivity index (χ2n) is 6.37. The number of rotatable bonds is 17. The van der Waals surface area contributed by atoms with Crippen molar-refractivity contribution in [3.63, 3.8) is 0 Å². The third-order valence-electron chi connectivity index (χ3n) is 3.99. The summed E-state index contributed by atoms with van der Waals surface area (Å²) in [5.74, 6) is -5.52. The number of aliphatic hydroxyl groups is 2. The number of esters is 2. The average molecular weight is 438 g/mol. The minimum Gasteiger partial charge on any atom is -0.478 e. The number of aliphatic carboxylic acids is 2. The van der Waals surface area contributed by atoms with E-state index in [4.69, 9.17) is 9.47 Å². The molecule has 0 radical (unpaired) electrons. The van der Waals surface area contributed by atoms with Crippen molar-refractivity contribution in [2.75, 3.05) is 14.2 Å². The highest BCUT2D eigenvalue weighted by Gasteiger charge is 2.40. The van der Waals surface area contributed by atoms with Crippen LogP contribution in [-0.4, -0.2) is 83.3 Å². The molecule has 0 fully saturated rings. The van der Waals surface area contributed by atoms with Gasteiger partial charge in [0.15, 0.2) is 12.6 Å². The summed E-state index contributed by atoms with van der Waals surface area (Å²) < 4.78 is 18.7. The van der Waals surface area contributed by atoms with Gasteiger partial charge in [0.2, 0.25) is 12.2 Å². The molecule has 174 valence electrons. The highest BCUT2D eigenvalue weighted by atomic mass is 16.6. The summed E-state index contributed by atoms with van der Waals surface area (Å²) in [6, 6.07) is 0. The number of unbranched alkanes of at least 4 members (excludes halogenated alkanes) is 2. The maximum absolute atomic E-state index is 11.8. The molecule has 12 nitrogen and oxygen atoms in total. The maximum atomic E-state index is 11.8. The molecule has 0 aromatic rings. The second kappa shape index (κ2) is 15.5. The summed E-state index contributed by atoms with van der Waals surface area (Å²) in [7, 11) is 2.62. The zero-order valence-corrected chi connectivity index (χ0v) is 17.0. The van der Waals surface area contributed by atoms with Crippen LogP contribution in [0, 0.1) is 0 Å². The maximum Gasteiger partial charge on any atom is 0.349 e. The van der Waals surface area contributed by atoms with Crippen molar-refractivity contribution in [1.29, 1.82) is 0 Å². The standard InChI is InChI=1S/C18H30O12/c1-27-11(19)7-3-5-9-13(21)29-15(17(23)24)16(18(25)26)30-14(22)10-6-4-8-12(20)28-2/h11-12,15-16,19-20H,3-10H2,1-2H3,(H,23,24)(H,25,26). The number of carbonyl (C=O) groups is 4. The summed E-state index contributed by atoms with van der Waals surface area (Å²) in [5, 5.41) is 36.9. The number of carboxylic acid groups (broad SMARTS) is 2. The van der Waals surface area contributed by atoms with Gasteiger partial charge in [0, 0.05) is 27.1 Å². The summed E-state index contributed by atoms with van der Waals surface area (Å²) in [6.07, 6.45) is -5.06. The van der Waals surface area contributed by atoms with E-state index in [-0.39, 0.29) is 38.5 Å². The monoisotopic (exact) mass is 438 g/mol. The van der Waals surface area contributed by atoms with E-state index in [0.29, 0.717) is 12.8 Å². The Kier molecular flexibility index (Phi) is 14.4. The Hall–Kier alpha value is -2.28. The van der Waals surface area contributed by atoms with Crippen molar-refractivity contribution in [2.24, 2.45) is 0 Å². The molecule has 0 aliphatic carbocycles. The van der Waals surface area contributed by atoms with Crippen molar-refractivity contribution < 1.29 is 58.6 Å². The smallest absolute Gasteiger partial charge is 0.349 e. The summed E-state index contributed by atoms with van der Waals surface area (Å²) in [5.41, 5.74) is 0. The van der Waals surface area contributed by atoms with E-state index >= 15 is 0 Å². The van der Waals surface area contributed by atoms with Gasteiger partial charge in [-0.25, -0.2) is 9.59 Å². The largest absolute Gasteiger partial charge is 0.478 e. The third kappa shape index (κ3) is 12.3. The van der Waals surface area contributed by atoms with Crippen LogP contribution in [0.1, 0.15) is 51.4 Å². The lowest BCUT2D eigenvalue weighted by Gasteiger charge is -2.21. The number of carbonyl (C=O) groups excluding carboxylic acids is 2. The van der Waals surface area contributed by atoms with E-state index < -0.39 is 48.7 Å². The van der Waals surface area contributed by atoms with Gasteiger partial charge in [-0.3, -0.25) is 9.59 Å². The van der Waals surface area contributed by atoms with Crippen molar-refractivity contribution in [3.8, 4) is 0 Å². The van der Waals surface area contributed by atoms with Crippen LogP contribution in [0.15, 0.2) is 0 Å². The molecule has 4 atom stereocenters. The van der Waals surface area contributed by atoms with Crippen LogP contribution in [0.2, 0.25) is 0 Å². The molecule has 0 saturated heterocycles. The van der Waals surface area contributed by atoms with Gasteiger partial charge < -0.3 is 39.4 Å². The Morgan fingerprint density at radius 1 is 0.667 bits per heavy atom. The topological polar surface area (TPSA) is 186 Å². The van der Waals surface area contributed by atoms with Crippen LogP contribution in [0.5, 0.6) is 0 Å². The van der Waals surface area contributed by atoms with Crippen molar-refractivity contribution in [2.45, 2.75) is 76.2 Å². The highest BCUT2D eigenvalue weighted by molar-refractivity contribution is 5.87. The van der Waals surface area contributed by atoms with E-state index in [0.717, 1.165) is 0 Å². The number of hydrogen-bond acceptors (Lipinski definition) is 10. The normalized spacial score (nSPS) is 14.9. The fraction of sp³-hybridized carbons (Fsp3) is 0.778. The SMILES string of the molecule is COC(O)CCCCC(=O)OC(C(=O)O)C(OC(=O)CCCCC(O)OC)C(=O)O. The van der Waals surface area contributed by atoms with Crippen LogP contribution in [-0.2, 0) is 38.1 Å². The molecular weight excluding hydrogens is 408 g/mol. The zero-order chi connectivity index (χ0) is 23.1. The van der Waals surface area contributed by atoms with Crippen LogP contribution >= 0.6 is 0 Å². The van der Waals surface area contributed by atoms with E-state index in [1.165, 1.54) is 14.2 Å². The molecule has 0 aliphatic heterocycles. The Labute approximate surface area is 173 Å². The molecule has 0 spiro atoms. The third-order valence-corrected chi connectivity index (χ3v) is 3.99. The Balaban J connectivity index is 4.65. The molecule has 0 saturated carbocycles. The van der Waals surface area contributed by atoms with E-state index in [1.807, 2.05) is 0 Å². The second-order valence-corrected chi connectivity index (χ2v) is 6.37. The van der Waals surface area contributed by atoms with Crippen LogP contribution in [0.25, 0.3) is 0 Å². The molecule has 0 bridgehead atoms. The predicted molar refractivity (Wildman–Crippen MR) is 98.0 cm³/mol. The van der Waals surface area contributed by atoms with Gasteiger partial charge in [0.1, 0.15) is 0 Å². The molecule has 0 rings (SSSR count). The lowest BCUT2D eigenvalue weighted by atomic mass is 10.1. The number of aliphatic hydroxyl groups excluding tert-OH is 2. The van der Waals surface area contributed by atoms with Gasteiger partial charge in [-0.2, -0.15) is 0 Å². The fourth-order valence-corrected chi connectivity index (χ4v) is 2.30. The molecule has 12 heteroatoms. The first-order chi connectivity index (χ1) is 14.1. The molecule has 0 aliphatic rings. The van der Waals surface area contributed by atoms with Crippen LogP contribution < -0.4 is 0 Å². The summed E-state index contributed by atoms with van der Waals surface area (Å²) in [4.78, 5) is 46.4. The van der Waals surface area contributed by atoms with E-state index in [2.05, 4.69) is 9.47 Å². The van der Waals surface area contributed by atoms with Crippen molar-refractivity contribution in [3.05, 3.63) is 0 Å². The molecule has 4 N–H and O–H groups in total. The zero-order valence-electron chi connectivity index (χ0n) is 17.0. The van der Waals surface area contributed by atoms with Gasteiger partial charge in [-0.15, -0.1) is 0 Å². The fourth-order valence-electron chi connectivity index (χ4n) is 2.30. The first-order valence-electron chi connectivity index (χ1n) is 9.38.